The minimum Gasteiger partial charge on any atom is -0.548 e. The van der Waals surface area contributed by atoms with Gasteiger partial charge in [0, 0.05) is 6.54 Å². The average molecular weight is 267 g/mol. The molecule has 1 atom stereocenters. The molecule has 0 radical (unpaired) electrons. The van der Waals surface area contributed by atoms with Crippen molar-refractivity contribution in [2.24, 2.45) is 0 Å². The summed E-state index contributed by atoms with van der Waals surface area (Å²) in [5.41, 5.74) is 0. The van der Waals surface area contributed by atoms with Crippen LogP contribution in [0.25, 0.3) is 0 Å². The zero-order chi connectivity index (χ0) is 8.43. The van der Waals surface area contributed by atoms with E-state index in [1.807, 2.05) is 0 Å². The van der Waals surface area contributed by atoms with Gasteiger partial charge in [0.05, 0.1) is 12.0 Å². The minimum atomic E-state index is -1.07. The molecule has 13 heavy (non-hydrogen) atoms. The first-order valence-corrected chi connectivity index (χ1v) is 4.13. The zero-order valence-corrected chi connectivity index (χ0v) is 15.7. The average Bonchev–Trinajstić information content (AvgIpc) is 2.32. The van der Waals surface area contributed by atoms with Crippen LogP contribution in [0, 0.1) is 0 Å². The van der Waals surface area contributed by atoms with E-state index in [4.69, 9.17) is 24.8 Å². The molecule has 0 N–H and O–H groups in total. The molecule has 0 bridgehead atoms. The van der Waals surface area contributed by atoms with Gasteiger partial charge in [0.2, 0.25) is 0 Å². The van der Waals surface area contributed by atoms with Crippen LogP contribution in [0.1, 0.15) is 12.8 Å². The molecule has 62 valence electrons. The van der Waals surface area contributed by atoms with Crippen molar-refractivity contribution in [3.8, 4) is 0 Å². The number of nitrogens with zero attached hydrogens (tertiary/aromatic N) is 1. The topological polar surface area (TPSA) is 43.4 Å². The second-order valence-corrected chi connectivity index (χ2v) is 3.47. The first-order chi connectivity index (χ1) is 5.13. The van der Waals surface area contributed by atoms with E-state index in [2.05, 4.69) is 0 Å². The molecule has 0 aromatic heterocycles. The second-order valence-electron chi connectivity index (χ2n) is 2.44. The third-order valence-corrected chi connectivity index (χ3v) is 2.23. The van der Waals surface area contributed by atoms with Gasteiger partial charge < -0.3 is 39.6 Å². The van der Waals surface area contributed by atoms with E-state index in [0.717, 1.165) is 6.42 Å². The van der Waals surface area contributed by atoms with E-state index in [9.17, 15) is 9.90 Å². The molecule has 1 saturated heterocycles. The largest absolute Gasteiger partial charge is 1.00 e. The molecule has 1 aliphatic heterocycles. The number of carboxylic acid groups (broad SMARTS) is 1. The molecule has 7 heteroatoms. The SMILES string of the molecule is O=C([O-])[C@@H]1CCCN1C(=S)[S-].[K+].[K+]. The van der Waals surface area contributed by atoms with Gasteiger partial charge in [-0.25, -0.2) is 0 Å². The van der Waals surface area contributed by atoms with E-state index in [0.29, 0.717) is 13.0 Å². The van der Waals surface area contributed by atoms with Crippen LogP contribution in [0.2, 0.25) is 0 Å². The summed E-state index contributed by atoms with van der Waals surface area (Å²) in [5, 5.41) is 10.5. The summed E-state index contributed by atoms with van der Waals surface area (Å²) >= 11 is 9.40. The molecule has 0 amide bonds. The van der Waals surface area contributed by atoms with Gasteiger partial charge in [-0.2, -0.15) is 0 Å². The number of hydrogen-bond donors (Lipinski definition) is 0. The van der Waals surface area contributed by atoms with E-state index < -0.39 is 12.0 Å². The van der Waals surface area contributed by atoms with E-state index in [1.165, 1.54) is 4.90 Å². The normalized spacial score (nSPS) is 20.0. The number of aliphatic carboxylic acids is 1. The molecule has 0 aliphatic carbocycles. The Labute approximate surface area is 174 Å². The molecule has 0 saturated carbocycles. The van der Waals surface area contributed by atoms with Gasteiger partial charge >= 0.3 is 103 Å². The summed E-state index contributed by atoms with van der Waals surface area (Å²) in [4.78, 5) is 12.0. The smallest absolute Gasteiger partial charge is 0.548 e. The Morgan fingerprint density at radius 2 is 2.08 bits per heavy atom. The Balaban J connectivity index is 0. The Hall–Kier alpha value is 2.85. The number of likely N-dealkylation sites (tertiary alicyclic amines) is 1. The standard InChI is InChI=1S/C6H9NO2S2.2K/c8-5(9)4-2-1-3-7(4)6(10)11;;/h4H,1-3H2,(H,8,9)(H,10,11);;/q;2*+1/p-2/t4-;;/m0../s1. The van der Waals surface area contributed by atoms with Crippen LogP contribution < -0.4 is 108 Å². The van der Waals surface area contributed by atoms with Gasteiger partial charge in [-0.1, -0.05) is 4.32 Å². The predicted molar refractivity (Wildman–Crippen MR) is 44.7 cm³/mol. The van der Waals surface area contributed by atoms with Crippen LogP contribution in [0.5, 0.6) is 0 Å². The number of rotatable bonds is 1. The quantitative estimate of drug-likeness (QED) is 0.268. The Morgan fingerprint density at radius 3 is 2.38 bits per heavy atom. The summed E-state index contributed by atoms with van der Waals surface area (Å²) in [6.07, 6.45) is 1.43. The van der Waals surface area contributed by atoms with Crippen LogP contribution >= 0.6 is 12.2 Å². The van der Waals surface area contributed by atoms with Gasteiger partial charge in [0.15, 0.2) is 0 Å². The molecule has 1 aliphatic rings. The Morgan fingerprint density at radius 1 is 1.54 bits per heavy atom. The van der Waals surface area contributed by atoms with E-state index >= 15 is 0 Å². The molecular formula is C6H7K2NO2S2. The molecule has 0 aromatic rings. The molecule has 1 heterocycles. The summed E-state index contributed by atoms with van der Waals surface area (Å²) in [6.45, 7) is 0.654. The van der Waals surface area contributed by atoms with Crippen LogP contribution in [0.15, 0.2) is 0 Å². The summed E-state index contributed by atoms with van der Waals surface area (Å²) in [7, 11) is 0. The monoisotopic (exact) mass is 267 g/mol. The van der Waals surface area contributed by atoms with Crippen molar-refractivity contribution in [3.05, 3.63) is 0 Å². The third-order valence-electron chi connectivity index (χ3n) is 1.76. The molecule has 3 nitrogen and oxygen atoms in total. The molecule has 0 unspecified atom stereocenters. The molecule has 0 aromatic carbocycles. The summed E-state index contributed by atoms with van der Waals surface area (Å²) < 4.78 is 0.233. The Kier molecular flexibility index (Phi) is 12.5. The van der Waals surface area contributed by atoms with Gasteiger partial charge in [0.25, 0.3) is 0 Å². The van der Waals surface area contributed by atoms with E-state index in [1.54, 1.807) is 0 Å². The van der Waals surface area contributed by atoms with Gasteiger partial charge in [-0.15, -0.1) is 0 Å². The number of carbonyl (C=O) groups excluding carboxylic acids is 1. The number of thiocarbonyl (C=S) groups is 1. The van der Waals surface area contributed by atoms with Gasteiger partial charge in [-0.3, -0.25) is 0 Å². The van der Waals surface area contributed by atoms with Gasteiger partial charge in [0.1, 0.15) is 0 Å². The fourth-order valence-electron chi connectivity index (χ4n) is 1.23. The second kappa shape index (κ2) is 8.94. The van der Waals surface area contributed by atoms with E-state index in [-0.39, 0.29) is 107 Å². The summed E-state index contributed by atoms with van der Waals surface area (Å²) in [5.74, 6) is -1.07. The maximum Gasteiger partial charge on any atom is 1.00 e. The van der Waals surface area contributed by atoms with Crippen LogP contribution in [0.3, 0.4) is 0 Å². The number of hydrogen-bond acceptors (Lipinski definition) is 4. The minimum absolute atomic E-state index is 0. The molecular weight excluding hydrogens is 260 g/mol. The van der Waals surface area contributed by atoms with Crippen molar-refractivity contribution in [1.29, 1.82) is 0 Å². The fourth-order valence-corrected chi connectivity index (χ4v) is 1.67. The first-order valence-electron chi connectivity index (χ1n) is 3.31. The van der Waals surface area contributed by atoms with Crippen molar-refractivity contribution in [2.75, 3.05) is 6.54 Å². The zero-order valence-electron chi connectivity index (χ0n) is 7.78. The number of carbonyl (C=O) groups is 1. The fraction of sp³-hybridized carbons (Fsp3) is 0.667. The summed E-state index contributed by atoms with van der Waals surface area (Å²) in [6, 6.07) is -0.583. The van der Waals surface area contributed by atoms with Crippen molar-refractivity contribution in [1.82, 2.24) is 4.90 Å². The number of carboxylic acids is 1. The maximum atomic E-state index is 10.5. The van der Waals surface area contributed by atoms with Crippen molar-refractivity contribution in [3.63, 3.8) is 0 Å². The maximum absolute atomic E-state index is 10.5. The van der Waals surface area contributed by atoms with Crippen molar-refractivity contribution < 1.29 is 113 Å². The predicted octanol–water partition coefficient (Wildman–Crippen LogP) is -6.96. The molecule has 1 rings (SSSR count). The van der Waals surface area contributed by atoms with Crippen molar-refractivity contribution >= 4 is 35.1 Å². The van der Waals surface area contributed by atoms with Crippen LogP contribution in [-0.2, 0) is 17.4 Å². The van der Waals surface area contributed by atoms with Crippen molar-refractivity contribution in [2.45, 2.75) is 18.9 Å². The molecule has 1 fully saturated rings. The van der Waals surface area contributed by atoms with Crippen LogP contribution in [-0.4, -0.2) is 27.8 Å². The van der Waals surface area contributed by atoms with Gasteiger partial charge in [-0.05, 0) is 12.8 Å². The molecule has 0 spiro atoms. The third kappa shape index (κ3) is 5.64. The Bertz CT molecular complexity index is 183. The first kappa shape index (κ1) is 18.2. The van der Waals surface area contributed by atoms with Crippen LogP contribution in [0.4, 0.5) is 0 Å².